The van der Waals surface area contributed by atoms with Gasteiger partial charge in [-0.2, -0.15) is 0 Å². The Hall–Kier alpha value is -2.80. The zero-order valence-corrected chi connectivity index (χ0v) is 19.3. The van der Waals surface area contributed by atoms with Crippen molar-refractivity contribution in [2.75, 3.05) is 17.6 Å². The molecule has 2 aromatic carbocycles. The van der Waals surface area contributed by atoms with Crippen LogP contribution in [0.25, 0.3) is 0 Å². The van der Waals surface area contributed by atoms with E-state index in [-0.39, 0.29) is 23.5 Å². The van der Waals surface area contributed by atoms with E-state index in [2.05, 4.69) is 16.0 Å². The normalized spacial score (nSPS) is 13.9. The quantitative estimate of drug-likeness (QED) is 0.492. The molecule has 7 heteroatoms. The van der Waals surface area contributed by atoms with Gasteiger partial charge < -0.3 is 16.0 Å². The van der Waals surface area contributed by atoms with E-state index in [1.165, 1.54) is 50.8 Å². The topological polar surface area (TPSA) is 87.3 Å². The van der Waals surface area contributed by atoms with Crippen molar-refractivity contribution in [2.45, 2.75) is 50.5 Å². The first kappa shape index (κ1) is 23.9. The molecule has 0 saturated heterocycles. The van der Waals surface area contributed by atoms with Crippen LogP contribution in [0, 0.1) is 5.92 Å². The van der Waals surface area contributed by atoms with E-state index in [0.29, 0.717) is 23.7 Å². The lowest BCUT2D eigenvalue weighted by Gasteiger charge is -2.21. The number of thioether (sulfide) groups is 1. The van der Waals surface area contributed by atoms with Gasteiger partial charge in [-0.1, -0.05) is 43.5 Å². The first-order chi connectivity index (χ1) is 15.5. The molecule has 1 fully saturated rings. The van der Waals surface area contributed by atoms with Crippen molar-refractivity contribution < 1.29 is 14.4 Å². The summed E-state index contributed by atoms with van der Waals surface area (Å²) in [5, 5.41) is 8.71. The number of carbonyl (C=O) groups excluding carboxylic acids is 3. The van der Waals surface area contributed by atoms with E-state index in [9.17, 15) is 14.4 Å². The number of anilines is 1. The van der Waals surface area contributed by atoms with Gasteiger partial charge in [0.1, 0.15) is 0 Å². The Kier molecular flexibility index (Phi) is 9.16. The highest BCUT2D eigenvalue weighted by Crippen LogP contribution is 2.24. The predicted molar refractivity (Wildman–Crippen MR) is 129 cm³/mol. The lowest BCUT2D eigenvalue weighted by Crippen LogP contribution is -2.31. The van der Waals surface area contributed by atoms with Crippen LogP contribution in [0.4, 0.5) is 5.69 Å². The van der Waals surface area contributed by atoms with E-state index < -0.39 is 0 Å². The Bertz CT molecular complexity index is 942. The molecule has 0 heterocycles. The molecule has 0 radical (unpaired) electrons. The highest BCUT2D eigenvalue weighted by molar-refractivity contribution is 8.00. The molecular weight excluding hydrogens is 422 g/mol. The van der Waals surface area contributed by atoms with Gasteiger partial charge in [0.2, 0.25) is 11.8 Å². The van der Waals surface area contributed by atoms with Crippen LogP contribution in [-0.4, -0.2) is 30.0 Å². The smallest absolute Gasteiger partial charge is 0.252 e. The Morgan fingerprint density at radius 2 is 1.75 bits per heavy atom. The summed E-state index contributed by atoms with van der Waals surface area (Å²) in [7, 11) is 0. The van der Waals surface area contributed by atoms with Crippen molar-refractivity contribution in [1.29, 1.82) is 0 Å². The summed E-state index contributed by atoms with van der Waals surface area (Å²) in [6, 6.07) is 14.7. The van der Waals surface area contributed by atoms with Gasteiger partial charge in [0, 0.05) is 30.6 Å². The second-order valence-corrected chi connectivity index (χ2v) is 9.17. The average Bonchev–Trinajstić information content (AvgIpc) is 2.80. The zero-order valence-electron chi connectivity index (χ0n) is 18.5. The Morgan fingerprint density at radius 3 is 2.53 bits per heavy atom. The van der Waals surface area contributed by atoms with Crippen molar-refractivity contribution in [1.82, 2.24) is 10.6 Å². The molecule has 32 heavy (non-hydrogen) atoms. The van der Waals surface area contributed by atoms with Gasteiger partial charge >= 0.3 is 0 Å². The van der Waals surface area contributed by atoms with Crippen LogP contribution in [0.3, 0.4) is 0 Å². The summed E-state index contributed by atoms with van der Waals surface area (Å²) >= 11 is 1.38. The van der Waals surface area contributed by atoms with E-state index in [1.807, 2.05) is 36.4 Å². The molecule has 3 rings (SSSR count). The van der Waals surface area contributed by atoms with Crippen molar-refractivity contribution in [3.05, 3.63) is 59.7 Å². The van der Waals surface area contributed by atoms with Crippen molar-refractivity contribution in [3.63, 3.8) is 0 Å². The van der Waals surface area contributed by atoms with Crippen molar-refractivity contribution in [3.8, 4) is 0 Å². The van der Waals surface area contributed by atoms with Crippen LogP contribution in [0.5, 0.6) is 0 Å². The Balaban J connectivity index is 1.51. The first-order valence-corrected chi connectivity index (χ1v) is 12.1. The van der Waals surface area contributed by atoms with E-state index in [0.717, 1.165) is 17.0 Å². The van der Waals surface area contributed by atoms with Gasteiger partial charge in [0.15, 0.2) is 0 Å². The summed E-state index contributed by atoms with van der Waals surface area (Å²) in [4.78, 5) is 37.1. The molecule has 0 unspecified atom stereocenters. The van der Waals surface area contributed by atoms with Crippen LogP contribution < -0.4 is 16.0 Å². The third-order valence-corrected chi connectivity index (χ3v) is 6.58. The van der Waals surface area contributed by atoms with Crippen LogP contribution >= 0.6 is 11.8 Å². The summed E-state index contributed by atoms with van der Waals surface area (Å²) in [5.41, 5.74) is 2.13. The summed E-state index contributed by atoms with van der Waals surface area (Å²) in [6.45, 7) is 2.55. The molecule has 170 valence electrons. The van der Waals surface area contributed by atoms with Gasteiger partial charge in [0.05, 0.1) is 11.3 Å². The maximum atomic E-state index is 12.8. The van der Waals surface area contributed by atoms with Crippen LogP contribution in [-0.2, 0) is 16.1 Å². The Morgan fingerprint density at radius 1 is 0.969 bits per heavy atom. The molecule has 3 N–H and O–H groups in total. The number of hydrogen-bond donors (Lipinski definition) is 3. The van der Waals surface area contributed by atoms with Gasteiger partial charge in [-0.3, -0.25) is 14.4 Å². The lowest BCUT2D eigenvalue weighted by molar-refractivity contribution is -0.118. The number of nitrogens with one attached hydrogen (secondary N) is 3. The second-order valence-electron chi connectivity index (χ2n) is 8.16. The maximum Gasteiger partial charge on any atom is 0.252 e. The molecule has 1 saturated carbocycles. The Labute approximate surface area is 193 Å². The predicted octanol–water partition coefficient (Wildman–Crippen LogP) is 4.36. The minimum atomic E-state index is -0.194. The maximum absolute atomic E-state index is 12.8. The van der Waals surface area contributed by atoms with Crippen LogP contribution in [0.1, 0.15) is 54.9 Å². The van der Waals surface area contributed by atoms with Crippen molar-refractivity contribution in [2.24, 2.45) is 5.92 Å². The molecule has 3 amide bonds. The molecule has 0 atom stereocenters. The number of rotatable bonds is 9. The van der Waals surface area contributed by atoms with Gasteiger partial charge in [-0.25, -0.2) is 0 Å². The highest BCUT2D eigenvalue weighted by atomic mass is 32.2. The fourth-order valence-corrected chi connectivity index (χ4v) is 4.74. The monoisotopic (exact) mass is 453 g/mol. The number of carbonyl (C=O) groups is 3. The van der Waals surface area contributed by atoms with E-state index in [1.54, 1.807) is 12.1 Å². The number of hydrogen-bond acceptors (Lipinski definition) is 4. The summed E-state index contributed by atoms with van der Waals surface area (Å²) < 4.78 is 0. The molecule has 0 spiro atoms. The van der Waals surface area contributed by atoms with Gasteiger partial charge in [-0.15, -0.1) is 11.8 Å². The SMILES string of the molecule is CC(=O)Nc1cccc(CNC(=O)c2ccccc2SCC(=O)NCC2CCCCC2)c1. The largest absolute Gasteiger partial charge is 0.355 e. The molecule has 0 bridgehead atoms. The number of benzene rings is 2. The van der Waals surface area contributed by atoms with Crippen LogP contribution in [0.2, 0.25) is 0 Å². The second kappa shape index (κ2) is 12.3. The molecule has 0 aromatic heterocycles. The molecule has 6 nitrogen and oxygen atoms in total. The van der Waals surface area contributed by atoms with Gasteiger partial charge in [-0.05, 0) is 48.6 Å². The molecular formula is C25H31N3O3S. The molecule has 2 aromatic rings. The van der Waals surface area contributed by atoms with E-state index >= 15 is 0 Å². The lowest BCUT2D eigenvalue weighted by atomic mass is 9.89. The third kappa shape index (κ3) is 7.71. The molecule has 1 aliphatic carbocycles. The highest BCUT2D eigenvalue weighted by Gasteiger charge is 2.16. The van der Waals surface area contributed by atoms with E-state index in [4.69, 9.17) is 0 Å². The van der Waals surface area contributed by atoms with Crippen molar-refractivity contribution >= 4 is 35.2 Å². The summed E-state index contributed by atoms with van der Waals surface area (Å²) in [5.74, 6) is 0.557. The van der Waals surface area contributed by atoms with Crippen LogP contribution in [0.15, 0.2) is 53.4 Å². The number of amides is 3. The fraction of sp³-hybridized carbons (Fsp3) is 0.400. The minimum absolute atomic E-state index is 0.00516. The fourth-order valence-electron chi connectivity index (χ4n) is 3.86. The molecule has 1 aliphatic rings. The minimum Gasteiger partial charge on any atom is -0.355 e. The summed E-state index contributed by atoms with van der Waals surface area (Å²) in [6.07, 6.45) is 6.22. The first-order valence-electron chi connectivity index (χ1n) is 11.1. The average molecular weight is 454 g/mol. The molecule has 0 aliphatic heterocycles. The van der Waals surface area contributed by atoms with Gasteiger partial charge in [0.25, 0.3) is 5.91 Å². The third-order valence-electron chi connectivity index (χ3n) is 5.50. The zero-order chi connectivity index (χ0) is 22.8. The standard InChI is InChI=1S/C25H31N3O3S/c1-18(29)28-21-11-7-10-20(14-21)16-27-25(31)22-12-5-6-13-23(22)32-17-24(30)26-15-19-8-3-2-4-9-19/h5-7,10-14,19H,2-4,8-9,15-17H2,1H3,(H,26,30)(H,27,31)(H,28,29).